The highest BCUT2D eigenvalue weighted by Gasteiger charge is 2.44. The number of amides is 2. The third kappa shape index (κ3) is 12.4. The molecule has 2 fully saturated rings. The Kier molecular flexibility index (Phi) is 19.6. The third-order valence-electron chi connectivity index (χ3n) is 14.6. The molecule has 21 heteroatoms. The van der Waals surface area contributed by atoms with Crippen LogP contribution in [-0.2, 0) is 41.4 Å². The number of rotatable bonds is 20. The Morgan fingerprint density at radius 1 is 0.824 bits per heavy atom. The maximum Gasteiger partial charge on any atom is 0.340 e. The number of thioether (sulfide) groups is 2. The number of aromatic amines is 2. The molecule has 19 nitrogen and oxygen atoms in total. The molecular weight excluding hydrogens is 993 g/mol. The van der Waals surface area contributed by atoms with Gasteiger partial charge in [-0.25, -0.2) is 9.78 Å². The number of H-pyrrole nitrogens is 2. The third-order valence-corrected chi connectivity index (χ3v) is 17.0. The van der Waals surface area contributed by atoms with E-state index < -0.39 is 78.7 Å². The van der Waals surface area contributed by atoms with Gasteiger partial charge in [0.2, 0.25) is 11.8 Å². The molecular formula is C53H72N6O13S2. The van der Waals surface area contributed by atoms with Crippen molar-refractivity contribution >= 4 is 80.6 Å². The number of aliphatic hydroxyl groups excluding tert-OH is 7. The van der Waals surface area contributed by atoms with E-state index in [4.69, 9.17) is 24.2 Å². The van der Waals surface area contributed by atoms with Crippen molar-refractivity contribution in [1.29, 1.82) is 0 Å². The number of carbonyl (C=O) groups excluding carboxylic acids is 3. The van der Waals surface area contributed by atoms with Gasteiger partial charge in [0.05, 0.1) is 55.5 Å². The number of methoxy groups -OCH3 is 1. The van der Waals surface area contributed by atoms with Crippen molar-refractivity contribution in [2.45, 2.75) is 145 Å². The summed E-state index contributed by atoms with van der Waals surface area (Å²) in [4.78, 5) is 59.7. The predicted molar refractivity (Wildman–Crippen MR) is 285 cm³/mol. The number of allylic oxidation sites excluding steroid dienone is 1. The van der Waals surface area contributed by atoms with E-state index in [2.05, 4.69) is 47.1 Å². The number of aromatic nitrogens is 4. The summed E-state index contributed by atoms with van der Waals surface area (Å²) in [6, 6.07) is 5.98. The molecule has 0 aliphatic carbocycles. The number of ether oxygens (including phenoxy) is 3. The van der Waals surface area contributed by atoms with Crippen molar-refractivity contribution in [3.63, 3.8) is 0 Å². The number of esters is 1. The molecule has 0 saturated carbocycles. The Balaban J connectivity index is 1.23. The lowest BCUT2D eigenvalue weighted by molar-refractivity contribution is -0.205. The summed E-state index contributed by atoms with van der Waals surface area (Å²) in [6.45, 7) is 13.8. The van der Waals surface area contributed by atoms with Crippen LogP contribution in [0.25, 0.3) is 39.3 Å². The Bertz CT molecular complexity index is 2740. The van der Waals surface area contributed by atoms with Gasteiger partial charge in [-0.2, -0.15) is 0 Å². The van der Waals surface area contributed by atoms with Crippen LogP contribution in [0.1, 0.15) is 115 Å². The van der Waals surface area contributed by atoms with E-state index >= 15 is 0 Å². The van der Waals surface area contributed by atoms with Crippen molar-refractivity contribution in [1.82, 2.24) is 30.6 Å². The molecule has 404 valence electrons. The summed E-state index contributed by atoms with van der Waals surface area (Å²) in [5.74, 6) is -0.939. The molecule has 11 atom stereocenters. The first-order valence-electron chi connectivity index (χ1n) is 25.3. The molecule has 0 spiro atoms. The number of nitrogens with one attached hydrogen (secondary N) is 4. The topological polar surface area (TPSA) is 302 Å². The van der Waals surface area contributed by atoms with Crippen LogP contribution in [0.2, 0.25) is 0 Å². The molecule has 11 N–H and O–H groups in total. The molecule has 0 aromatic carbocycles. The van der Waals surface area contributed by atoms with Gasteiger partial charge in [0.1, 0.15) is 47.5 Å². The number of fused-ring (bicyclic) bond motifs is 8. The quantitative estimate of drug-likeness (QED) is 0.0570. The Morgan fingerprint density at radius 2 is 1.49 bits per heavy atom. The van der Waals surface area contributed by atoms with Gasteiger partial charge in [-0.1, -0.05) is 26.5 Å². The lowest BCUT2D eigenvalue weighted by Gasteiger charge is -2.39. The van der Waals surface area contributed by atoms with Gasteiger partial charge in [-0.3, -0.25) is 14.6 Å². The maximum atomic E-state index is 14.3. The molecule has 3 aromatic rings. The molecule has 3 aromatic heterocycles. The second-order valence-corrected chi connectivity index (χ2v) is 21.8. The summed E-state index contributed by atoms with van der Waals surface area (Å²) in [6.07, 6.45) is -4.48. The Morgan fingerprint density at radius 3 is 2.16 bits per heavy atom. The van der Waals surface area contributed by atoms with Crippen LogP contribution < -0.4 is 10.6 Å². The summed E-state index contributed by atoms with van der Waals surface area (Å²) >= 11 is 2.63. The summed E-state index contributed by atoms with van der Waals surface area (Å²) in [5.41, 5.74) is 9.16. The molecule has 0 radical (unpaired) electrons. The van der Waals surface area contributed by atoms with Gasteiger partial charge in [0, 0.05) is 76.7 Å². The van der Waals surface area contributed by atoms with E-state index in [0.717, 1.165) is 44.3 Å². The van der Waals surface area contributed by atoms with Crippen LogP contribution in [0.3, 0.4) is 0 Å². The predicted octanol–water partition coefficient (Wildman–Crippen LogP) is 3.56. The second kappa shape index (κ2) is 25.5. The molecule has 0 unspecified atom stereocenters. The number of hydrogen-bond donors (Lipinski definition) is 11. The average molecular weight is 1070 g/mol. The lowest BCUT2D eigenvalue weighted by Crippen LogP contribution is -2.57. The van der Waals surface area contributed by atoms with Crippen molar-refractivity contribution in [2.24, 2.45) is 0 Å². The first-order valence-corrected chi connectivity index (χ1v) is 27.4. The minimum absolute atomic E-state index is 0.0870. The van der Waals surface area contributed by atoms with Gasteiger partial charge in [-0.05, 0) is 98.4 Å². The van der Waals surface area contributed by atoms with Gasteiger partial charge in [-0.15, -0.1) is 23.5 Å². The van der Waals surface area contributed by atoms with E-state index in [1.165, 1.54) is 30.6 Å². The normalized spacial score (nSPS) is 26.0. The van der Waals surface area contributed by atoms with E-state index in [9.17, 15) is 50.1 Å². The fraction of sp³-hybridized carbons (Fsp3) is 0.566. The SMILES string of the molecule is C=Cc1c(C)c2cc3nc(c(CC(=O)NCCCS[C@H]4C[C@@H](O)[C@H](O)[C@@H](CO)O4)c4nc(cc5[nH]c(cc1[nH]2)c(C)c5CC)C(C)=C4C(=O)OC)[C@@H](CCC(=O)NCCCS[C@@H]1O[C@H](CO)[C@@H](O)[C@H](O)[C@H]1O)[C@@H]3C. The zero-order chi connectivity index (χ0) is 53.5. The molecule has 7 heterocycles. The fourth-order valence-electron chi connectivity index (χ4n) is 10.2. The van der Waals surface area contributed by atoms with Gasteiger partial charge in [0.15, 0.2) is 0 Å². The molecule has 4 aliphatic rings. The zero-order valence-electron chi connectivity index (χ0n) is 42.9. The van der Waals surface area contributed by atoms with Crippen LogP contribution in [0.5, 0.6) is 0 Å². The largest absolute Gasteiger partial charge is 0.465 e. The second-order valence-electron chi connectivity index (χ2n) is 19.3. The number of hydrogen-bond acceptors (Lipinski definition) is 17. The first kappa shape index (κ1) is 57.1. The average Bonchev–Trinajstić information content (AvgIpc) is 4.07. The summed E-state index contributed by atoms with van der Waals surface area (Å²) in [5, 5.41) is 76.5. The minimum atomic E-state index is -1.48. The summed E-state index contributed by atoms with van der Waals surface area (Å²) < 4.78 is 16.8. The van der Waals surface area contributed by atoms with Crippen LogP contribution >= 0.6 is 23.5 Å². The number of aliphatic hydroxyl groups is 7. The van der Waals surface area contributed by atoms with Crippen molar-refractivity contribution in [2.75, 3.05) is 44.9 Å². The molecule has 2 amide bonds. The standard InChI is InChI=1S/C53H72N6O13S2/c1-8-29-25(3)33-19-35-27(5)31(12-13-42(63)54-14-11-17-74-53-51(68)50(67)49(66)41(24-61)72-53)46(58-35)32(18-43(64)55-15-10-16-73-44-22-39(62)48(65)40(23-60)71-44)47-45(52(69)70-7)28(6)36(59-47)21-38-30(9-2)26(4)34(57-38)20-37(29)56-33/h8,19-21,27,31,39-41,44,48-51,53,56-57,60-62,65-68H,1,9-18,22-24H2,2-7H3,(H,54,63)(H,55,64)/t27-,31-,39+,40+,41+,44-,48-,49+,50-,51+,53-/m0/s1. The first-order chi connectivity index (χ1) is 35.4. The Labute approximate surface area is 439 Å². The molecule has 4 aliphatic heterocycles. The van der Waals surface area contributed by atoms with Crippen LogP contribution in [-0.4, -0.2) is 172 Å². The molecule has 74 heavy (non-hydrogen) atoms. The van der Waals surface area contributed by atoms with E-state index in [0.29, 0.717) is 72.0 Å². The number of nitrogens with zero attached hydrogens (tertiary/aromatic N) is 2. The van der Waals surface area contributed by atoms with Gasteiger partial charge in [0.25, 0.3) is 0 Å². The minimum Gasteiger partial charge on any atom is -0.465 e. The number of aryl methyl sites for hydroxylation is 3. The van der Waals surface area contributed by atoms with Crippen molar-refractivity contribution in [3.05, 3.63) is 75.4 Å². The van der Waals surface area contributed by atoms with Gasteiger partial charge < -0.3 is 70.6 Å². The van der Waals surface area contributed by atoms with E-state index in [1.807, 2.05) is 32.1 Å². The summed E-state index contributed by atoms with van der Waals surface area (Å²) in [7, 11) is 1.30. The monoisotopic (exact) mass is 1060 g/mol. The van der Waals surface area contributed by atoms with Crippen molar-refractivity contribution < 1.29 is 64.3 Å². The highest BCUT2D eigenvalue weighted by atomic mass is 32.2. The molecule has 2 saturated heterocycles. The van der Waals surface area contributed by atoms with E-state index in [-0.39, 0.29) is 54.8 Å². The maximum absolute atomic E-state index is 14.3. The smallest absolute Gasteiger partial charge is 0.340 e. The van der Waals surface area contributed by atoms with Crippen LogP contribution in [0, 0.1) is 13.8 Å². The van der Waals surface area contributed by atoms with Crippen molar-refractivity contribution in [3.8, 4) is 0 Å². The van der Waals surface area contributed by atoms with Crippen LogP contribution in [0.15, 0.2) is 24.8 Å². The lowest BCUT2D eigenvalue weighted by atomic mass is 9.84. The Hall–Kier alpha value is -4.65. The molecule has 7 rings (SSSR count). The van der Waals surface area contributed by atoms with Gasteiger partial charge >= 0.3 is 5.97 Å². The highest BCUT2D eigenvalue weighted by Crippen LogP contribution is 2.44. The fourth-order valence-corrected chi connectivity index (χ4v) is 12.4. The molecule has 8 bridgehead atoms. The highest BCUT2D eigenvalue weighted by molar-refractivity contribution is 8.00. The number of carbonyl (C=O) groups is 3. The van der Waals surface area contributed by atoms with E-state index in [1.54, 1.807) is 6.92 Å². The zero-order valence-corrected chi connectivity index (χ0v) is 44.5. The van der Waals surface area contributed by atoms with Crippen LogP contribution in [0.4, 0.5) is 0 Å².